The van der Waals surface area contributed by atoms with Crippen LogP contribution >= 0.6 is 0 Å². The van der Waals surface area contributed by atoms with Crippen molar-refractivity contribution in [1.82, 2.24) is 0 Å². The molecule has 2 unspecified atom stereocenters. The van der Waals surface area contributed by atoms with Crippen molar-refractivity contribution in [3.05, 3.63) is 60.2 Å². The molecule has 0 saturated heterocycles. The minimum atomic E-state index is -1.10. The van der Waals surface area contributed by atoms with Crippen LogP contribution in [0, 0.1) is 11.8 Å². The number of amides is 2. The third kappa shape index (κ3) is 4.08. The number of carboxylic acid groups (broad SMARTS) is 1. The molecule has 2 aromatic rings. The molecular weight excluding hydrogens is 332 g/mol. The van der Waals surface area contributed by atoms with Crippen molar-refractivity contribution in [2.24, 2.45) is 11.8 Å². The average Bonchev–Trinajstić information content (AvgIpc) is 3.37. The van der Waals surface area contributed by atoms with E-state index in [-0.39, 0.29) is 11.8 Å². The molecule has 6 nitrogen and oxygen atoms in total. The Bertz CT molecular complexity index is 835. The maximum atomic E-state index is 12.9. The first-order valence-corrected chi connectivity index (χ1v) is 8.45. The molecule has 6 heteroatoms. The molecule has 2 amide bonds. The maximum Gasteiger partial charge on any atom is 0.323 e. The number of anilines is 2. The molecular formula is C20H20N2O4. The van der Waals surface area contributed by atoms with Crippen LogP contribution in [0.15, 0.2) is 54.6 Å². The summed E-state index contributed by atoms with van der Waals surface area (Å²) < 4.78 is 0. The smallest absolute Gasteiger partial charge is 0.323 e. The van der Waals surface area contributed by atoms with E-state index in [2.05, 4.69) is 5.32 Å². The molecule has 0 spiro atoms. The molecule has 2 N–H and O–H groups in total. The van der Waals surface area contributed by atoms with Crippen molar-refractivity contribution in [2.75, 3.05) is 16.8 Å². The summed E-state index contributed by atoms with van der Waals surface area (Å²) in [5.74, 6) is -1.16. The van der Waals surface area contributed by atoms with E-state index in [1.807, 2.05) is 6.92 Å². The number of rotatable bonds is 6. The van der Waals surface area contributed by atoms with Gasteiger partial charge in [-0.05, 0) is 42.7 Å². The molecule has 0 aliphatic heterocycles. The van der Waals surface area contributed by atoms with Crippen molar-refractivity contribution in [3.63, 3.8) is 0 Å². The predicted octanol–water partition coefficient (Wildman–Crippen LogP) is 3.01. The summed E-state index contributed by atoms with van der Waals surface area (Å²) in [5.41, 5.74) is 1.35. The first-order chi connectivity index (χ1) is 12.5. The molecule has 26 heavy (non-hydrogen) atoms. The van der Waals surface area contributed by atoms with Crippen LogP contribution in [0.2, 0.25) is 0 Å². The Labute approximate surface area is 151 Å². The summed E-state index contributed by atoms with van der Waals surface area (Å²) in [6.07, 6.45) is 0.880. The molecule has 1 saturated carbocycles. The van der Waals surface area contributed by atoms with Crippen molar-refractivity contribution in [1.29, 1.82) is 0 Å². The van der Waals surface area contributed by atoms with Crippen LogP contribution < -0.4 is 10.2 Å². The van der Waals surface area contributed by atoms with Gasteiger partial charge >= 0.3 is 5.97 Å². The normalized spacial score (nSPS) is 18.0. The third-order valence-corrected chi connectivity index (χ3v) is 4.43. The van der Waals surface area contributed by atoms with Gasteiger partial charge < -0.3 is 10.4 Å². The van der Waals surface area contributed by atoms with Gasteiger partial charge in [-0.3, -0.25) is 19.3 Å². The SMILES string of the molecule is CC1CC1C(=O)Nc1cccc(C(=O)N(CC(=O)O)c2ccccc2)c1. The lowest BCUT2D eigenvalue weighted by Crippen LogP contribution is -2.35. The molecule has 1 fully saturated rings. The molecule has 1 aliphatic carbocycles. The summed E-state index contributed by atoms with van der Waals surface area (Å²) in [5, 5.41) is 12.0. The zero-order valence-electron chi connectivity index (χ0n) is 14.4. The lowest BCUT2D eigenvalue weighted by Gasteiger charge is -2.21. The van der Waals surface area contributed by atoms with Gasteiger partial charge in [0.15, 0.2) is 0 Å². The Kier molecular flexibility index (Phi) is 5.02. The maximum absolute atomic E-state index is 12.9. The van der Waals surface area contributed by atoms with Crippen LogP contribution in [-0.2, 0) is 9.59 Å². The number of para-hydroxylation sites is 1. The van der Waals surface area contributed by atoms with E-state index in [0.29, 0.717) is 22.9 Å². The Morgan fingerprint density at radius 3 is 2.42 bits per heavy atom. The Morgan fingerprint density at radius 2 is 1.81 bits per heavy atom. The second kappa shape index (κ2) is 7.39. The minimum absolute atomic E-state index is 0.0298. The van der Waals surface area contributed by atoms with Crippen LogP contribution in [0.4, 0.5) is 11.4 Å². The summed E-state index contributed by atoms with van der Waals surface area (Å²) in [6, 6.07) is 15.2. The van der Waals surface area contributed by atoms with Crippen LogP contribution in [-0.4, -0.2) is 29.4 Å². The fourth-order valence-electron chi connectivity index (χ4n) is 2.83. The number of hydrogen-bond donors (Lipinski definition) is 2. The standard InChI is InChI=1S/C20H20N2O4/c1-13-10-17(13)19(25)21-15-7-5-6-14(11-15)20(26)22(12-18(23)24)16-8-3-2-4-9-16/h2-9,11,13,17H,10,12H2,1H3,(H,21,25)(H,23,24). The van der Waals surface area contributed by atoms with Gasteiger partial charge in [-0.25, -0.2) is 0 Å². The summed E-state index contributed by atoms with van der Waals surface area (Å²) in [7, 11) is 0. The number of carboxylic acids is 1. The van der Waals surface area contributed by atoms with E-state index in [0.717, 1.165) is 6.42 Å². The zero-order valence-corrected chi connectivity index (χ0v) is 14.4. The molecule has 134 valence electrons. The molecule has 0 bridgehead atoms. The van der Waals surface area contributed by atoms with Gasteiger partial charge in [0, 0.05) is 22.9 Å². The second-order valence-electron chi connectivity index (χ2n) is 6.51. The Morgan fingerprint density at radius 1 is 1.12 bits per heavy atom. The molecule has 3 rings (SSSR count). The van der Waals surface area contributed by atoms with Crippen LogP contribution in [0.25, 0.3) is 0 Å². The molecule has 1 aliphatic rings. The van der Waals surface area contributed by atoms with Gasteiger partial charge in [-0.15, -0.1) is 0 Å². The highest BCUT2D eigenvalue weighted by atomic mass is 16.4. The highest BCUT2D eigenvalue weighted by Gasteiger charge is 2.39. The van der Waals surface area contributed by atoms with E-state index in [1.165, 1.54) is 4.90 Å². The van der Waals surface area contributed by atoms with E-state index in [1.54, 1.807) is 54.6 Å². The van der Waals surface area contributed by atoms with E-state index in [9.17, 15) is 14.4 Å². The fraction of sp³-hybridized carbons (Fsp3) is 0.250. The minimum Gasteiger partial charge on any atom is -0.480 e. The van der Waals surface area contributed by atoms with Gasteiger partial charge in [0.05, 0.1) is 0 Å². The average molecular weight is 352 g/mol. The number of nitrogens with zero attached hydrogens (tertiary/aromatic N) is 1. The second-order valence-corrected chi connectivity index (χ2v) is 6.51. The summed E-state index contributed by atoms with van der Waals surface area (Å²) in [6.45, 7) is 1.58. The number of carbonyl (C=O) groups excluding carboxylic acids is 2. The van der Waals surface area contributed by atoms with E-state index < -0.39 is 18.4 Å². The molecule has 0 heterocycles. The zero-order chi connectivity index (χ0) is 18.7. The fourth-order valence-corrected chi connectivity index (χ4v) is 2.83. The largest absolute Gasteiger partial charge is 0.480 e. The first kappa shape index (κ1) is 17.7. The lowest BCUT2D eigenvalue weighted by atomic mass is 10.1. The van der Waals surface area contributed by atoms with Crippen molar-refractivity contribution < 1.29 is 19.5 Å². The summed E-state index contributed by atoms with van der Waals surface area (Å²) in [4.78, 5) is 37.3. The molecule has 2 aromatic carbocycles. The Balaban J connectivity index is 1.81. The quantitative estimate of drug-likeness (QED) is 0.837. The van der Waals surface area contributed by atoms with Gasteiger partial charge in [0.2, 0.25) is 5.91 Å². The van der Waals surface area contributed by atoms with E-state index in [4.69, 9.17) is 5.11 Å². The number of aliphatic carboxylic acids is 1. The third-order valence-electron chi connectivity index (χ3n) is 4.43. The molecule has 2 atom stereocenters. The highest BCUT2D eigenvalue weighted by Crippen LogP contribution is 2.38. The van der Waals surface area contributed by atoms with Crippen molar-refractivity contribution in [3.8, 4) is 0 Å². The first-order valence-electron chi connectivity index (χ1n) is 8.45. The van der Waals surface area contributed by atoms with E-state index >= 15 is 0 Å². The van der Waals surface area contributed by atoms with Crippen molar-refractivity contribution in [2.45, 2.75) is 13.3 Å². The van der Waals surface area contributed by atoms with Gasteiger partial charge in [0.1, 0.15) is 6.54 Å². The lowest BCUT2D eigenvalue weighted by molar-refractivity contribution is -0.135. The number of nitrogens with one attached hydrogen (secondary N) is 1. The van der Waals surface area contributed by atoms with Gasteiger partial charge in [-0.1, -0.05) is 31.2 Å². The number of carbonyl (C=O) groups is 3. The van der Waals surface area contributed by atoms with Gasteiger partial charge in [0.25, 0.3) is 5.91 Å². The van der Waals surface area contributed by atoms with Crippen LogP contribution in [0.5, 0.6) is 0 Å². The number of benzene rings is 2. The van der Waals surface area contributed by atoms with Crippen molar-refractivity contribution >= 4 is 29.2 Å². The van der Waals surface area contributed by atoms with Crippen LogP contribution in [0.1, 0.15) is 23.7 Å². The summed E-state index contributed by atoms with van der Waals surface area (Å²) >= 11 is 0. The predicted molar refractivity (Wildman–Crippen MR) is 98.1 cm³/mol. The Hall–Kier alpha value is -3.15. The number of hydrogen-bond acceptors (Lipinski definition) is 3. The highest BCUT2D eigenvalue weighted by molar-refractivity contribution is 6.09. The van der Waals surface area contributed by atoms with Gasteiger partial charge in [-0.2, -0.15) is 0 Å². The molecule has 0 radical (unpaired) electrons. The van der Waals surface area contributed by atoms with Crippen LogP contribution in [0.3, 0.4) is 0 Å². The topological polar surface area (TPSA) is 86.7 Å². The monoisotopic (exact) mass is 352 g/mol. The molecule has 0 aromatic heterocycles.